The summed E-state index contributed by atoms with van der Waals surface area (Å²) in [5, 5.41) is 13.4. The van der Waals surface area contributed by atoms with Crippen molar-refractivity contribution in [1.29, 1.82) is 0 Å². The zero-order valence-corrected chi connectivity index (χ0v) is 19.1. The minimum absolute atomic E-state index is 0.0242. The largest absolute Gasteiger partial charge is 0.445 e. The summed E-state index contributed by atoms with van der Waals surface area (Å²) in [5.41, 5.74) is 2.42. The van der Waals surface area contributed by atoms with Gasteiger partial charge in [0.15, 0.2) is 0 Å². The molecule has 2 unspecified atom stereocenters. The van der Waals surface area contributed by atoms with E-state index in [4.69, 9.17) is 8.92 Å². The van der Waals surface area contributed by atoms with Crippen LogP contribution in [0.15, 0.2) is 89.8 Å². The van der Waals surface area contributed by atoms with Gasteiger partial charge in [0, 0.05) is 6.42 Å². The SMILES string of the molecule is Cc1ccc(S(=O)(=O)OCCC(O)C(NC(=O)OCc2ccccc2)c2ccccc2)cc1. The molecule has 0 fully saturated rings. The summed E-state index contributed by atoms with van der Waals surface area (Å²) in [5.74, 6) is 0. The van der Waals surface area contributed by atoms with Crippen LogP contribution in [0.1, 0.15) is 29.2 Å². The van der Waals surface area contributed by atoms with Gasteiger partial charge in [0.2, 0.25) is 0 Å². The molecule has 33 heavy (non-hydrogen) atoms. The molecule has 3 rings (SSSR count). The summed E-state index contributed by atoms with van der Waals surface area (Å²) in [6.45, 7) is 1.69. The van der Waals surface area contributed by atoms with Crippen molar-refractivity contribution in [2.45, 2.75) is 37.0 Å². The number of nitrogens with one attached hydrogen (secondary N) is 1. The maximum atomic E-state index is 12.4. The van der Waals surface area contributed by atoms with Crippen molar-refractivity contribution < 1.29 is 27.2 Å². The predicted octanol–water partition coefficient (Wildman–Crippen LogP) is 4.12. The fourth-order valence-electron chi connectivity index (χ4n) is 3.17. The zero-order chi connectivity index (χ0) is 23.7. The van der Waals surface area contributed by atoms with E-state index in [0.717, 1.165) is 11.1 Å². The summed E-state index contributed by atoms with van der Waals surface area (Å²) in [7, 11) is -3.95. The van der Waals surface area contributed by atoms with Crippen molar-refractivity contribution in [1.82, 2.24) is 5.32 Å². The zero-order valence-electron chi connectivity index (χ0n) is 18.3. The van der Waals surface area contributed by atoms with Crippen LogP contribution in [0, 0.1) is 6.92 Å². The van der Waals surface area contributed by atoms with Crippen molar-refractivity contribution >= 4 is 16.2 Å². The van der Waals surface area contributed by atoms with Crippen LogP contribution in [0.4, 0.5) is 4.79 Å². The lowest BCUT2D eigenvalue weighted by Gasteiger charge is -2.24. The van der Waals surface area contributed by atoms with E-state index in [2.05, 4.69) is 5.32 Å². The highest BCUT2D eigenvalue weighted by Crippen LogP contribution is 2.21. The first kappa shape index (κ1) is 24.4. The highest BCUT2D eigenvalue weighted by atomic mass is 32.2. The van der Waals surface area contributed by atoms with Gasteiger partial charge in [0.25, 0.3) is 10.1 Å². The van der Waals surface area contributed by atoms with Crippen molar-refractivity contribution in [2.75, 3.05) is 6.61 Å². The number of benzene rings is 3. The van der Waals surface area contributed by atoms with Gasteiger partial charge in [-0.2, -0.15) is 8.42 Å². The minimum Gasteiger partial charge on any atom is -0.445 e. The molecule has 7 nitrogen and oxygen atoms in total. The number of alkyl carbamates (subject to hydrolysis) is 1. The van der Waals surface area contributed by atoms with E-state index in [1.54, 1.807) is 36.4 Å². The number of carbonyl (C=O) groups excluding carboxylic acids is 1. The third-order valence-corrected chi connectivity index (χ3v) is 6.32. The Labute approximate surface area is 194 Å². The molecule has 1 amide bonds. The molecule has 0 radical (unpaired) electrons. The first-order valence-electron chi connectivity index (χ1n) is 10.5. The Bertz CT molecular complexity index is 1120. The van der Waals surface area contributed by atoms with Crippen LogP contribution in [0.2, 0.25) is 0 Å². The highest BCUT2D eigenvalue weighted by Gasteiger charge is 2.25. The number of amides is 1. The van der Waals surface area contributed by atoms with Gasteiger partial charge in [0.1, 0.15) is 6.61 Å². The number of ether oxygens (including phenoxy) is 1. The Kier molecular flexibility index (Phi) is 8.59. The third kappa shape index (κ3) is 7.42. The van der Waals surface area contributed by atoms with Gasteiger partial charge in [-0.05, 0) is 30.2 Å². The molecule has 0 aromatic heterocycles. The first-order valence-corrected chi connectivity index (χ1v) is 11.9. The summed E-state index contributed by atoms with van der Waals surface area (Å²) < 4.78 is 35.1. The van der Waals surface area contributed by atoms with Crippen molar-refractivity contribution in [3.8, 4) is 0 Å². The van der Waals surface area contributed by atoms with E-state index in [-0.39, 0.29) is 24.5 Å². The standard InChI is InChI=1S/C25H27NO6S/c1-19-12-14-22(15-13-19)33(29,30)32-17-16-23(27)24(21-10-6-3-7-11-21)26-25(28)31-18-20-8-4-2-5-9-20/h2-15,23-24,27H,16-18H2,1H3,(H,26,28). The Balaban J connectivity index is 1.60. The van der Waals surface area contributed by atoms with E-state index in [0.29, 0.717) is 5.56 Å². The topological polar surface area (TPSA) is 102 Å². The molecule has 0 heterocycles. The van der Waals surface area contributed by atoms with Gasteiger partial charge in [0.05, 0.1) is 23.6 Å². The van der Waals surface area contributed by atoms with Crippen LogP contribution in [0.3, 0.4) is 0 Å². The normalized spacial score (nSPS) is 13.2. The van der Waals surface area contributed by atoms with Gasteiger partial charge in [-0.15, -0.1) is 0 Å². The molecule has 2 atom stereocenters. The fourth-order valence-corrected chi connectivity index (χ4v) is 4.09. The molecule has 8 heteroatoms. The Hall–Kier alpha value is -3.20. The van der Waals surface area contributed by atoms with Gasteiger partial charge in [-0.1, -0.05) is 78.4 Å². The average Bonchev–Trinajstić information content (AvgIpc) is 2.82. The van der Waals surface area contributed by atoms with Crippen LogP contribution in [0.5, 0.6) is 0 Å². The maximum Gasteiger partial charge on any atom is 0.408 e. The lowest BCUT2D eigenvalue weighted by Crippen LogP contribution is -2.37. The lowest BCUT2D eigenvalue weighted by molar-refractivity contribution is 0.0866. The van der Waals surface area contributed by atoms with Crippen molar-refractivity contribution in [2.24, 2.45) is 0 Å². The second-order valence-electron chi connectivity index (χ2n) is 7.54. The summed E-state index contributed by atoms with van der Waals surface area (Å²) >= 11 is 0. The van der Waals surface area contributed by atoms with Gasteiger partial charge < -0.3 is 15.2 Å². The average molecular weight is 470 g/mol. The molecule has 0 spiro atoms. The van der Waals surface area contributed by atoms with Gasteiger partial charge in [-0.25, -0.2) is 4.79 Å². The first-order chi connectivity index (χ1) is 15.8. The molecular formula is C25H27NO6S. The van der Waals surface area contributed by atoms with Gasteiger partial charge >= 0.3 is 6.09 Å². The number of aryl methyl sites for hydroxylation is 1. The molecule has 0 bridgehead atoms. The van der Waals surface area contributed by atoms with E-state index >= 15 is 0 Å². The van der Waals surface area contributed by atoms with Crippen LogP contribution >= 0.6 is 0 Å². The molecule has 0 aliphatic rings. The lowest BCUT2D eigenvalue weighted by atomic mass is 9.99. The monoisotopic (exact) mass is 469 g/mol. The number of rotatable bonds is 10. The molecule has 0 saturated carbocycles. The van der Waals surface area contributed by atoms with Crippen molar-refractivity contribution in [3.05, 3.63) is 102 Å². The number of aliphatic hydroxyl groups excluding tert-OH is 1. The van der Waals surface area contributed by atoms with Crippen LogP contribution in [-0.2, 0) is 25.6 Å². The van der Waals surface area contributed by atoms with E-state index in [1.807, 2.05) is 43.3 Å². The molecule has 3 aromatic carbocycles. The molecule has 0 aliphatic heterocycles. The second-order valence-corrected chi connectivity index (χ2v) is 9.15. The minimum atomic E-state index is -3.95. The van der Waals surface area contributed by atoms with E-state index in [1.165, 1.54) is 12.1 Å². The molecule has 0 aliphatic carbocycles. The maximum absolute atomic E-state index is 12.4. The number of aliphatic hydroxyl groups is 1. The van der Waals surface area contributed by atoms with E-state index < -0.39 is 28.4 Å². The highest BCUT2D eigenvalue weighted by molar-refractivity contribution is 7.86. The fraction of sp³-hybridized carbons (Fsp3) is 0.240. The Morgan fingerprint density at radius 2 is 1.55 bits per heavy atom. The smallest absolute Gasteiger partial charge is 0.408 e. The van der Waals surface area contributed by atoms with Crippen LogP contribution in [0.25, 0.3) is 0 Å². The Morgan fingerprint density at radius 1 is 0.939 bits per heavy atom. The number of hydrogen-bond donors (Lipinski definition) is 2. The molecular weight excluding hydrogens is 442 g/mol. The quantitative estimate of drug-likeness (QED) is 0.433. The summed E-state index contributed by atoms with van der Waals surface area (Å²) in [4.78, 5) is 12.4. The summed E-state index contributed by atoms with van der Waals surface area (Å²) in [6.07, 6.45) is -1.83. The van der Waals surface area contributed by atoms with Crippen molar-refractivity contribution in [3.63, 3.8) is 0 Å². The number of hydrogen-bond acceptors (Lipinski definition) is 6. The second kappa shape index (κ2) is 11.6. The van der Waals surface area contributed by atoms with E-state index in [9.17, 15) is 18.3 Å². The third-order valence-electron chi connectivity index (χ3n) is 4.99. The molecule has 2 N–H and O–H groups in total. The molecule has 174 valence electrons. The number of carbonyl (C=O) groups is 1. The van der Waals surface area contributed by atoms with Crippen LogP contribution < -0.4 is 5.32 Å². The van der Waals surface area contributed by atoms with Gasteiger partial charge in [-0.3, -0.25) is 4.18 Å². The predicted molar refractivity (Wildman–Crippen MR) is 124 cm³/mol. The molecule has 0 saturated heterocycles. The summed E-state index contributed by atoms with van der Waals surface area (Å²) in [6, 6.07) is 23.6. The van der Waals surface area contributed by atoms with Crippen LogP contribution in [-0.4, -0.2) is 32.3 Å². The molecule has 3 aromatic rings. The Morgan fingerprint density at radius 3 is 2.18 bits per heavy atom.